The van der Waals surface area contributed by atoms with Crippen LogP contribution in [0.1, 0.15) is 369 Å². The predicted molar refractivity (Wildman–Crippen MR) is 368 cm³/mol. The van der Waals surface area contributed by atoms with E-state index in [2.05, 4.69) is 41.5 Å². The molecular weight excluding hydrogens is 1200 g/mol. The Morgan fingerprint density at radius 1 is 0.297 bits per heavy atom. The van der Waals surface area contributed by atoms with E-state index in [-0.39, 0.29) is 25.7 Å². The third-order valence-corrected chi connectivity index (χ3v) is 18.6. The van der Waals surface area contributed by atoms with Crippen LogP contribution in [0.15, 0.2) is 0 Å². The molecule has 0 saturated heterocycles. The second kappa shape index (κ2) is 64.1. The number of phosphoric acid groups is 2. The third-order valence-electron chi connectivity index (χ3n) is 16.7. The number of unbranched alkanes of at least 4 members (excludes halogenated alkanes) is 41. The van der Waals surface area contributed by atoms with Gasteiger partial charge in [0.1, 0.15) is 19.3 Å². The minimum absolute atomic E-state index is 0.104. The molecule has 2 unspecified atom stereocenters. The lowest BCUT2D eigenvalue weighted by molar-refractivity contribution is -0.161. The van der Waals surface area contributed by atoms with Gasteiger partial charge in [-0.2, -0.15) is 0 Å². The van der Waals surface area contributed by atoms with Crippen molar-refractivity contribution >= 4 is 39.5 Å². The molecule has 0 spiro atoms. The van der Waals surface area contributed by atoms with E-state index in [4.69, 9.17) is 37.0 Å². The van der Waals surface area contributed by atoms with Crippen LogP contribution >= 0.6 is 15.6 Å². The predicted octanol–water partition coefficient (Wildman–Crippen LogP) is 20.8. The molecule has 0 saturated carbocycles. The second-order valence-electron chi connectivity index (χ2n) is 26.9. The summed E-state index contributed by atoms with van der Waals surface area (Å²) in [7, 11) is -9.90. The van der Waals surface area contributed by atoms with Crippen molar-refractivity contribution < 1.29 is 80.2 Å². The number of rotatable bonds is 71. The number of aliphatic hydroxyl groups excluding tert-OH is 1. The van der Waals surface area contributed by atoms with Crippen molar-refractivity contribution in [3.63, 3.8) is 0 Å². The molecule has 0 aliphatic carbocycles. The Bertz CT molecular complexity index is 1770. The summed E-state index contributed by atoms with van der Waals surface area (Å²) in [5, 5.41) is 10.6. The fraction of sp³-hybridized carbons (Fsp3) is 0.944. The van der Waals surface area contributed by atoms with E-state index in [1.54, 1.807) is 0 Å². The zero-order valence-electron chi connectivity index (χ0n) is 59.1. The Balaban J connectivity index is 5.21. The highest BCUT2D eigenvalue weighted by atomic mass is 31.2. The summed E-state index contributed by atoms with van der Waals surface area (Å²) in [4.78, 5) is 72.5. The number of ether oxygens (including phenoxy) is 4. The van der Waals surface area contributed by atoms with Gasteiger partial charge in [-0.25, -0.2) is 9.13 Å². The van der Waals surface area contributed by atoms with Gasteiger partial charge in [0.25, 0.3) is 0 Å². The highest BCUT2D eigenvalue weighted by Gasteiger charge is 2.30. The van der Waals surface area contributed by atoms with Crippen molar-refractivity contribution in [2.75, 3.05) is 39.6 Å². The van der Waals surface area contributed by atoms with E-state index in [1.807, 2.05) is 0 Å². The first kappa shape index (κ1) is 89.1. The van der Waals surface area contributed by atoms with Crippen LogP contribution in [0.2, 0.25) is 0 Å². The molecule has 0 radical (unpaired) electrons. The van der Waals surface area contributed by atoms with Crippen LogP contribution in [-0.2, 0) is 65.4 Å². The maximum atomic E-state index is 13.0. The van der Waals surface area contributed by atoms with Crippen molar-refractivity contribution in [2.24, 2.45) is 11.8 Å². The molecule has 3 N–H and O–H groups in total. The molecule has 0 aliphatic rings. The van der Waals surface area contributed by atoms with Gasteiger partial charge in [-0.1, -0.05) is 318 Å². The first-order chi connectivity index (χ1) is 43.9. The van der Waals surface area contributed by atoms with Gasteiger partial charge in [-0.3, -0.25) is 37.3 Å². The van der Waals surface area contributed by atoms with Gasteiger partial charge in [0.05, 0.1) is 26.4 Å². The van der Waals surface area contributed by atoms with Gasteiger partial charge >= 0.3 is 39.5 Å². The number of aliphatic hydroxyl groups is 1. The van der Waals surface area contributed by atoms with E-state index in [9.17, 15) is 43.2 Å². The van der Waals surface area contributed by atoms with Gasteiger partial charge in [0.15, 0.2) is 12.2 Å². The molecule has 0 heterocycles. The smallest absolute Gasteiger partial charge is 0.462 e. The van der Waals surface area contributed by atoms with Crippen LogP contribution in [0.25, 0.3) is 0 Å². The molecule has 540 valence electrons. The van der Waals surface area contributed by atoms with Crippen molar-refractivity contribution in [2.45, 2.75) is 387 Å². The van der Waals surface area contributed by atoms with Crippen LogP contribution in [0.4, 0.5) is 0 Å². The lowest BCUT2D eigenvalue weighted by Gasteiger charge is -2.21. The Labute approximate surface area is 556 Å². The fourth-order valence-electron chi connectivity index (χ4n) is 10.9. The van der Waals surface area contributed by atoms with Gasteiger partial charge in [0, 0.05) is 25.7 Å². The highest BCUT2D eigenvalue weighted by molar-refractivity contribution is 7.47. The first-order valence-corrected chi connectivity index (χ1v) is 40.5. The number of esters is 4. The Morgan fingerprint density at radius 2 is 0.505 bits per heavy atom. The Morgan fingerprint density at radius 3 is 0.747 bits per heavy atom. The molecule has 17 nitrogen and oxygen atoms in total. The van der Waals surface area contributed by atoms with Crippen molar-refractivity contribution in [3.8, 4) is 0 Å². The summed E-state index contributed by atoms with van der Waals surface area (Å²) >= 11 is 0. The van der Waals surface area contributed by atoms with Crippen LogP contribution in [0, 0.1) is 11.8 Å². The third kappa shape index (κ3) is 66.5. The summed E-state index contributed by atoms with van der Waals surface area (Å²) in [5.74, 6) is -0.603. The molecule has 0 aromatic rings. The molecule has 0 bridgehead atoms. The number of phosphoric ester groups is 2. The van der Waals surface area contributed by atoms with Crippen LogP contribution in [0.3, 0.4) is 0 Å². The molecule has 0 aromatic carbocycles. The quantitative estimate of drug-likeness (QED) is 0.0222. The zero-order valence-corrected chi connectivity index (χ0v) is 60.9. The Hall–Kier alpha value is -1.94. The number of hydrogen-bond donors (Lipinski definition) is 3. The van der Waals surface area contributed by atoms with E-state index in [0.29, 0.717) is 25.7 Å². The molecule has 19 heteroatoms. The first-order valence-electron chi connectivity index (χ1n) is 37.5. The number of carbonyl (C=O) groups excluding carboxylic acids is 4. The monoisotopic (exact) mass is 1340 g/mol. The topological polar surface area (TPSA) is 237 Å². The SMILES string of the molecule is CCCCCCCCCCCCCCCCC(=O)OC[C@H](COP(=O)(O)OC[C@@H](O)COP(=O)(O)OC[C@@H](COC(=O)CCCCCCCCCC)OC(=O)CCCCCCCCCCC(C)C)OC(=O)CCCCCCCCCCCCCCCCCC(C)C. The van der Waals surface area contributed by atoms with Gasteiger partial charge < -0.3 is 33.8 Å². The van der Waals surface area contributed by atoms with E-state index in [1.165, 1.54) is 180 Å². The van der Waals surface area contributed by atoms with E-state index in [0.717, 1.165) is 108 Å². The molecule has 0 aliphatic heterocycles. The molecule has 0 fully saturated rings. The summed E-state index contributed by atoms with van der Waals surface area (Å²) in [5.41, 5.74) is 0. The summed E-state index contributed by atoms with van der Waals surface area (Å²) in [6, 6.07) is 0. The van der Waals surface area contributed by atoms with Crippen LogP contribution in [-0.4, -0.2) is 96.7 Å². The average molecular weight is 1340 g/mol. The van der Waals surface area contributed by atoms with Crippen molar-refractivity contribution in [3.05, 3.63) is 0 Å². The molecule has 0 rings (SSSR count). The highest BCUT2D eigenvalue weighted by Crippen LogP contribution is 2.45. The maximum absolute atomic E-state index is 13.0. The van der Waals surface area contributed by atoms with Crippen molar-refractivity contribution in [1.29, 1.82) is 0 Å². The molecular formula is C72H140O17P2. The molecule has 91 heavy (non-hydrogen) atoms. The van der Waals surface area contributed by atoms with Gasteiger partial charge in [-0.15, -0.1) is 0 Å². The standard InChI is InChI=1S/C72H140O17P2/c1-7-9-11-13-15-17-18-19-24-27-30-37-43-49-55-70(75)83-61-68(88-71(76)56-50-44-38-31-28-25-22-20-21-23-26-29-34-40-46-52-64(3)4)63-87-91(80,81)85-59-66(73)58-84-90(78,79)86-62-67(60-82-69(74)54-48-42-36-16-14-12-10-8-2)89-72(77)57-51-45-39-33-32-35-41-47-53-65(5)6/h64-68,73H,7-63H2,1-6H3,(H,78,79)(H,80,81)/t66-,67+,68+/m0/s1. The maximum Gasteiger partial charge on any atom is 0.472 e. The molecule has 0 aromatic heterocycles. The van der Waals surface area contributed by atoms with Crippen LogP contribution in [0.5, 0.6) is 0 Å². The summed E-state index contributed by atoms with van der Waals surface area (Å²) in [6.07, 6.45) is 50.0. The van der Waals surface area contributed by atoms with E-state index < -0.39 is 97.5 Å². The molecule has 5 atom stereocenters. The van der Waals surface area contributed by atoms with Gasteiger partial charge in [-0.05, 0) is 37.5 Å². The molecule has 0 amide bonds. The normalized spacial score (nSPS) is 14.1. The minimum Gasteiger partial charge on any atom is -0.462 e. The van der Waals surface area contributed by atoms with E-state index >= 15 is 0 Å². The second-order valence-corrected chi connectivity index (χ2v) is 29.8. The minimum atomic E-state index is -4.95. The Kier molecular flexibility index (Phi) is 62.7. The number of carbonyl (C=O) groups is 4. The largest absolute Gasteiger partial charge is 0.472 e. The summed E-state index contributed by atoms with van der Waals surface area (Å²) in [6.45, 7) is 9.53. The summed E-state index contributed by atoms with van der Waals surface area (Å²) < 4.78 is 68.3. The fourth-order valence-corrected chi connectivity index (χ4v) is 12.5. The van der Waals surface area contributed by atoms with Crippen molar-refractivity contribution in [1.82, 2.24) is 0 Å². The lowest BCUT2D eigenvalue weighted by Crippen LogP contribution is -2.30. The van der Waals surface area contributed by atoms with Crippen LogP contribution < -0.4 is 0 Å². The zero-order chi connectivity index (χ0) is 67.2. The number of hydrogen-bond acceptors (Lipinski definition) is 15. The average Bonchev–Trinajstić information content (AvgIpc) is 3.69. The van der Waals surface area contributed by atoms with Gasteiger partial charge in [0.2, 0.25) is 0 Å². The lowest BCUT2D eigenvalue weighted by atomic mass is 10.0.